The fraction of sp³-hybridized carbons (Fsp3) is 0.721. The molecule has 2 aromatic rings. The van der Waals surface area contributed by atoms with Gasteiger partial charge in [0.2, 0.25) is 0 Å². The fourth-order valence-corrected chi connectivity index (χ4v) is 6.85. The summed E-state index contributed by atoms with van der Waals surface area (Å²) in [6, 6.07) is 12.3. The van der Waals surface area contributed by atoms with Crippen LogP contribution in [0, 0.1) is 0 Å². The van der Waals surface area contributed by atoms with Gasteiger partial charge in [-0.25, -0.2) is 0 Å². The lowest BCUT2D eigenvalue weighted by Crippen LogP contribution is -1.96. The number of unbranched alkanes of at least 4 members (excludes halogenated alkanes) is 24. The second-order valence-electron chi connectivity index (χ2n) is 14.0. The first-order valence-electron chi connectivity index (χ1n) is 19.8. The number of rotatable bonds is 30. The largest absolute Gasteiger partial charge is 0.507 e. The van der Waals surface area contributed by atoms with Gasteiger partial charge in [0.25, 0.3) is 0 Å². The van der Waals surface area contributed by atoms with E-state index in [-0.39, 0.29) is 0 Å². The van der Waals surface area contributed by atoms with Gasteiger partial charge in [0.05, 0.1) is 0 Å². The summed E-state index contributed by atoms with van der Waals surface area (Å²) in [5.41, 5.74) is 3.96. The van der Waals surface area contributed by atoms with Gasteiger partial charge in [0.15, 0.2) is 0 Å². The van der Waals surface area contributed by atoms with Crippen molar-refractivity contribution < 1.29 is 10.2 Å². The average Bonchev–Trinajstić information content (AvgIpc) is 3.04. The number of aromatic hydroxyl groups is 2. The second-order valence-corrected chi connectivity index (χ2v) is 14.0. The smallest absolute Gasteiger partial charge is 0.122 e. The van der Waals surface area contributed by atoms with Gasteiger partial charge >= 0.3 is 0 Å². The highest BCUT2D eigenvalue weighted by Gasteiger charge is 2.12. The van der Waals surface area contributed by atoms with Crippen molar-refractivity contribution in [1.82, 2.24) is 0 Å². The summed E-state index contributed by atoms with van der Waals surface area (Å²) in [7, 11) is 0. The van der Waals surface area contributed by atoms with E-state index in [4.69, 9.17) is 0 Å². The third-order valence-corrected chi connectivity index (χ3v) is 9.89. The Labute approximate surface area is 279 Å². The predicted octanol–water partition coefficient (Wildman–Crippen LogP) is 14.0. The molecule has 0 bridgehead atoms. The summed E-state index contributed by atoms with van der Waals surface area (Å²) in [6.07, 6.45) is 37.7. The molecule has 2 rings (SSSR count). The lowest BCUT2D eigenvalue weighted by Gasteiger charge is -2.13. The van der Waals surface area contributed by atoms with Crippen LogP contribution in [0.25, 0.3) is 0 Å². The Kier molecular flexibility index (Phi) is 23.7. The van der Waals surface area contributed by atoms with Crippen LogP contribution in [-0.4, -0.2) is 10.2 Å². The van der Waals surface area contributed by atoms with E-state index in [0.717, 1.165) is 47.9 Å². The molecule has 0 heterocycles. The first-order valence-corrected chi connectivity index (χ1v) is 19.8. The molecule has 0 aliphatic carbocycles. The molecule has 0 fully saturated rings. The van der Waals surface area contributed by atoms with Gasteiger partial charge in [-0.3, -0.25) is 0 Å². The van der Waals surface area contributed by atoms with Crippen LogP contribution in [0.5, 0.6) is 11.5 Å². The van der Waals surface area contributed by atoms with Crippen LogP contribution >= 0.6 is 0 Å². The minimum Gasteiger partial charge on any atom is -0.507 e. The van der Waals surface area contributed by atoms with Crippen molar-refractivity contribution in [2.24, 2.45) is 0 Å². The molecule has 2 heteroatoms. The zero-order chi connectivity index (χ0) is 32.2. The van der Waals surface area contributed by atoms with Gasteiger partial charge in [0.1, 0.15) is 11.5 Å². The predicted molar refractivity (Wildman–Crippen MR) is 198 cm³/mol. The van der Waals surface area contributed by atoms with Crippen LogP contribution in [0.15, 0.2) is 36.4 Å². The van der Waals surface area contributed by atoms with Gasteiger partial charge < -0.3 is 10.2 Å². The van der Waals surface area contributed by atoms with Gasteiger partial charge in [-0.1, -0.05) is 204 Å². The quantitative estimate of drug-likeness (QED) is 0.0853. The van der Waals surface area contributed by atoms with Crippen LogP contribution in [0.3, 0.4) is 0 Å². The molecule has 0 spiro atoms. The minimum absolute atomic E-state index is 0.428. The molecule has 0 aliphatic heterocycles. The van der Waals surface area contributed by atoms with Gasteiger partial charge in [-0.2, -0.15) is 0 Å². The lowest BCUT2D eigenvalue weighted by atomic mass is 9.95. The first kappa shape index (κ1) is 39.2. The number of para-hydroxylation sites is 2. The van der Waals surface area contributed by atoms with Crippen molar-refractivity contribution in [3.63, 3.8) is 0 Å². The van der Waals surface area contributed by atoms with E-state index in [1.165, 1.54) is 154 Å². The first-order chi connectivity index (χ1) is 22.2. The second kappa shape index (κ2) is 27.2. The maximum Gasteiger partial charge on any atom is 0.122 e. The highest BCUT2D eigenvalue weighted by Crippen LogP contribution is 2.31. The molecule has 2 N–H and O–H groups in total. The summed E-state index contributed by atoms with van der Waals surface area (Å²) >= 11 is 0. The standard InChI is InChI=1S/C43H72O2/c1-3-5-7-9-11-13-15-17-19-21-23-25-27-31-38-33-29-35-40(42(38)44)37-41-36-30-34-39(43(41)45)32-28-26-24-22-20-18-16-14-12-10-8-6-4-2/h29-30,33-36,44-45H,3-28,31-32,37H2,1-2H3. The summed E-state index contributed by atoms with van der Waals surface area (Å²) in [5, 5.41) is 22.1. The third-order valence-electron chi connectivity index (χ3n) is 9.89. The highest BCUT2D eigenvalue weighted by atomic mass is 16.3. The average molecular weight is 621 g/mol. The zero-order valence-electron chi connectivity index (χ0n) is 29.9. The maximum absolute atomic E-state index is 11.1. The van der Waals surface area contributed by atoms with E-state index in [2.05, 4.69) is 38.1 Å². The Morgan fingerprint density at radius 2 is 0.578 bits per heavy atom. The van der Waals surface area contributed by atoms with E-state index in [9.17, 15) is 10.2 Å². The molecule has 0 atom stereocenters. The molecular formula is C43H72O2. The molecule has 2 nitrogen and oxygen atoms in total. The summed E-state index contributed by atoms with van der Waals surface area (Å²) < 4.78 is 0. The molecule has 0 aliphatic rings. The molecule has 0 radical (unpaired) electrons. The van der Waals surface area contributed by atoms with E-state index in [1.54, 1.807) is 0 Å². The third kappa shape index (κ3) is 18.7. The Hall–Kier alpha value is -1.96. The Balaban J connectivity index is 1.60. The molecule has 0 amide bonds. The number of benzene rings is 2. The van der Waals surface area contributed by atoms with Crippen molar-refractivity contribution in [2.45, 2.75) is 200 Å². The summed E-state index contributed by atoms with van der Waals surface area (Å²) in [6.45, 7) is 4.57. The normalized spacial score (nSPS) is 11.4. The van der Waals surface area contributed by atoms with Crippen molar-refractivity contribution in [3.05, 3.63) is 58.7 Å². The van der Waals surface area contributed by atoms with Crippen LogP contribution in [0.1, 0.15) is 203 Å². The molecule has 0 unspecified atom stereocenters. The van der Waals surface area contributed by atoms with Gasteiger partial charge in [-0.15, -0.1) is 0 Å². The van der Waals surface area contributed by atoms with E-state index in [1.807, 2.05) is 12.1 Å². The lowest BCUT2D eigenvalue weighted by molar-refractivity contribution is 0.453. The Morgan fingerprint density at radius 3 is 0.867 bits per heavy atom. The zero-order valence-corrected chi connectivity index (χ0v) is 29.9. The SMILES string of the molecule is CCCCCCCCCCCCCCCc1cccc(Cc2cccc(CCCCCCCCCCCCCCC)c2O)c1O. The molecule has 0 saturated carbocycles. The fourth-order valence-electron chi connectivity index (χ4n) is 6.85. The van der Waals surface area contributed by atoms with Crippen LogP contribution in [-0.2, 0) is 19.3 Å². The van der Waals surface area contributed by atoms with Crippen molar-refractivity contribution in [2.75, 3.05) is 0 Å². The highest BCUT2D eigenvalue weighted by molar-refractivity contribution is 5.47. The monoisotopic (exact) mass is 621 g/mol. The Morgan fingerprint density at radius 1 is 0.333 bits per heavy atom. The number of phenols is 2. The number of phenolic OH excluding ortho intramolecular Hbond substituents is 2. The Bertz CT molecular complexity index is 887. The molecule has 2 aromatic carbocycles. The van der Waals surface area contributed by atoms with Crippen molar-refractivity contribution in [1.29, 1.82) is 0 Å². The van der Waals surface area contributed by atoms with E-state index in [0.29, 0.717) is 17.9 Å². The van der Waals surface area contributed by atoms with Crippen LogP contribution in [0.4, 0.5) is 0 Å². The summed E-state index contributed by atoms with van der Waals surface area (Å²) in [4.78, 5) is 0. The van der Waals surface area contributed by atoms with Crippen molar-refractivity contribution >= 4 is 0 Å². The van der Waals surface area contributed by atoms with Gasteiger partial charge in [0, 0.05) is 6.42 Å². The van der Waals surface area contributed by atoms with E-state index < -0.39 is 0 Å². The maximum atomic E-state index is 11.1. The molecule has 45 heavy (non-hydrogen) atoms. The number of aryl methyl sites for hydroxylation is 2. The van der Waals surface area contributed by atoms with Crippen LogP contribution < -0.4 is 0 Å². The summed E-state index contributed by atoms with van der Waals surface area (Å²) in [5.74, 6) is 0.857. The van der Waals surface area contributed by atoms with Crippen molar-refractivity contribution in [3.8, 4) is 11.5 Å². The van der Waals surface area contributed by atoms with Gasteiger partial charge in [-0.05, 0) is 47.9 Å². The number of hydrogen-bond donors (Lipinski definition) is 2. The molecule has 0 aromatic heterocycles. The molecule has 256 valence electrons. The number of hydrogen-bond acceptors (Lipinski definition) is 2. The topological polar surface area (TPSA) is 40.5 Å². The minimum atomic E-state index is 0.428. The van der Waals surface area contributed by atoms with Crippen LogP contribution in [0.2, 0.25) is 0 Å². The van der Waals surface area contributed by atoms with E-state index >= 15 is 0 Å². The molecule has 0 saturated heterocycles. The molecular weight excluding hydrogens is 548 g/mol.